The Bertz CT molecular complexity index is 7590. The molecule has 140 heavy (non-hydrogen) atoms. The summed E-state index contributed by atoms with van der Waals surface area (Å²) in [6.45, 7) is 28.4. The lowest BCUT2D eigenvalue weighted by atomic mass is 10.1. The first kappa shape index (κ1) is 101. The number of nitrogens with zero attached hydrogens (tertiary/aromatic N) is 6. The van der Waals surface area contributed by atoms with Gasteiger partial charge in [0, 0.05) is 66.5 Å². The highest BCUT2D eigenvalue weighted by Gasteiger charge is 2.19. The van der Waals surface area contributed by atoms with E-state index in [1.165, 1.54) is 44.5 Å². The van der Waals surface area contributed by atoms with Gasteiger partial charge >= 0.3 is 95.3 Å². The summed E-state index contributed by atoms with van der Waals surface area (Å²) < 4.78 is 70.2. The van der Waals surface area contributed by atoms with Gasteiger partial charge in [-0.05, 0) is 291 Å². The van der Waals surface area contributed by atoms with Gasteiger partial charge in [-0.15, -0.1) is 0 Å². The lowest BCUT2D eigenvalue weighted by molar-refractivity contribution is 0.457. The number of pyridine rings is 6. The van der Waals surface area contributed by atoms with Crippen molar-refractivity contribution in [1.82, 2.24) is 29.9 Å². The van der Waals surface area contributed by atoms with Crippen LogP contribution in [0.2, 0.25) is 0 Å². The second kappa shape index (κ2) is 50.3. The van der Waals surface area contributed by atoms with Crippen LogP contribution in [-0.4, -0.2) is 125 Å². The molecule has 0 aliphatic carbocycles. The standard InChI is InChI=1S/2C12H10O.6C10H9NO.4C8H10O.6Al/c13-12-8-4-7-11(9-12)10-5-2-1-3-6-10;13-12-8-6-11(7-9-12)10-4-2-1-3-5-10;6*1-7-5-6-8-3-2-4-9(12)10(8)11-7;1-6-3-7(2)5-8(9)4-6;1-6-3-4-8(9)5-7(6)2;1-6-4-3-5-8(9)7(6)2;1-6-4-3-5-7(2)8(6)9;;;;;;/h2*1-9,13H;6*2-6,12H,1H3;4*3-5,9H,1-2H3;;;;;;/q;;;;;;;;;;;;6*+2/p-12. The van der Waals surface area contributed by atoms with E-state index in [-0.39, 0.29) is 0 Å². The van der Waals surface area contributed by atoms with Gasteiger partial charge in [-0.25, -0.2) is 29.9 Å². The molecule has 0 saturated carbocycles. The molecule has 0 aliphatic heterocycles. The molecule has 0 unspecified atom stereocenters. The zero-order valence-electron chi connectivity index (χ0n) is 80.7. The second-order valence-electron chi connectivity index (χ2n) is 33.4. The van der Waals surface area contributed by atoms with Crippen molar-refractivity contribution < 1.29 is 45.5 Å². The smallest absolute Gasteiger partial charge is 0.616 e. The average molecular weight is 1930 g/mol. The summed E-state index contributed by atoms with van der Waals surface area (Å²) in [4.78, 5) is 27.4. The van der Waals surface area contributed by atoms with Crippen LogP contribution in [0.3, 0.4) is 0 Å². The van der Waals surface area contributed by atoms with Crippen molar-refractivity contribution in [3.05, 3.63) is 443 Å². The van der Waals surface area contributed by atoms with Crippen molar-refractivity contribution >= 4 is 161 Å². The zero-order chi connectivity index (χ0) is 97.6. The van der Waals surface area contributed by atoms with Crippen molar-refractivity contribution in [2.75, 3.05) is 0 Å². The molecule has 0 spiro atoms. The minimum Gasteiger partial charge on any atom is -0.616 e. The second-order valence-corrected chi connectivity index (χ2v) is 37.4. The first-order valence-corrected chi connectivity index (χ1v) is 51.5. The van der Waals surface area contributed by atoms with E-state index >= 15 is 0 Å². The van der Waals surface area contributed by atoms with Crippen molar-refractivity contribution in [3.63, 3.8) is 0 Å². The van der Waals surface area contributed by atoms with Crippen LogP contribution in [0.4, 0.5) is 0 Å². The fourth-order valence-electron chi connectivity index (χ4n) is 15.0. The van der Waals surface area contributed by atoms with E-state index in [1.807, 2.05) is 322 Å². The van der Waals surface area contributed by atoms with Crippen LogP contribution in [0.5, 0.6) is 69.0 Å². The van der Waals surface area contributed by atoms with E-state index in [1.54, 1.807) is 0 Å². The highest BCUT2D eigenvalue weighted by atomic mass is 27.2. The third-order valence-electron chi connectivity index (χ3n) is 22.6. The Morgan fingerprint density at radius 2 is 0.443 bits per heavy atom. The quantitative estimate of drug-likeness (QED) is 0.0465. The summed E-state index contributed by atoms with van der Waals surface area (Å²) >= 11 is -3.87. The number of hydrogen-bond acceptors (Lipinski definition) is 18. The van der Waals surface area contributed by atoms with E-state index < -0.39 is 95.3 Å². The van der Waals surface area contributed by atoms with Crippen LogP contribution in [0.1, 0.15) is 78.7 Å². The molecule has 0 saturated heterocycles. The summed E-state index contributed by atoms with van der Waals surface area (Å²) in [6.07, 6.45) is 0. The number of para-hydroxylation sites is 7. The molecular weight excluding hydrogens is 1830 g/mol. The average Bonchev–Trinajstić information content (AvgIpc) is 0.826. The minimum atomic E-state index is -0.680. The Hall–Kier alpha value is -13.7. The Balaban J connectivity index is 0.000000127. The van der Waals surface area contributed by atoms with Crippen LogP contribution >= 0.6 is 0 Å². The lowest BCUT2D eigenvalue weighted by Crippen LogP contribution is -2.12. The first-order chi connectivity index (χ1) is 68.1. The third kappa shape index (κ3) is 28.6. The Kier molecular flexibility index (Phi) is 36.2. The van der Waals surface area contributed by atoms with Gasteiger partial charge in [-0.3, -0.25) is 0 Å². The van der Waals surface area contributed by atoms with E-state index in [0.717, 1.165) is 191 Å². The Morgan fingerprint density at radius 1 is 0.164 bits per heavy atom. The topological polar surface area (TPSA) is 188 Å². The third-order valence-corrected chi connectivity index (χ3v) is 26.9. The van der Waals surface area contributed by atoms with Crippen molar-refractivity contribution in [2.45, 2.75) is 96.9 Å². The Labute approximate surface area is 859 Å². The van der Waals surface area contributed by atoms with Crippen molar-refractivity contribution in [3.8, 4) is 91.2 Å². The fraction of sp³-hybridized carbons (Fsp3) is 0.121. The fourth-order valence-corrected chi connectivity index (χ4v) is 18.9. The molecule has 0 bridgehead atoms. The molecule has 24 heteroatoms. The number of benzene rings is 14. The monoisotopic (exact) mass is 1930 g/mol. The van der Waals surface area contributed by atoms with E-state index in [4.69, 9.17) is 45.5 Å². The van der Waals surface area contributed by atoms with Crippen LogP contribution in [-0.2, 0) is 0 Å². The molecule has 18 nitrogen and oxygen atoms in total. The maximum atomic E-state index is 5.92. The molecule has 20 aromatic rings. The van der Waals surface area contributed by atoms with E-state index in [9.17, 15) is 0 Å². The van der Waals surface area contributed by atoms with Crippen molar-refractivity contribution in [1.29, 1.82) is 0 Å². The van der Waals surface area contributed by atoms with Crippen LogP contribution in [0, 0.1) is 96.9 Å². The minimum absolute atomic E-state index is 0.627. The highest BCUT2D eigenvalue weighted by molar-refractivity contribution is 6.23. The molecule has 20 rings (SSSR count). The summed E-state index contributed by atoms with van der Waals surface area (Å²) in [6, 6.07) is 121. The van der Waals surface area contributed by atoms with Gasteiger partial charge in [-0.2, -0.15) is 0 Å². The zero-order valence-corrected chi connectivity index (χ0v) is 87.6. The molecule has 6 radical (unpaired) electrons. The molecule has 686 valence electrons. The molecular formula is C116H102Al6N6O12. The van der Waals surface area contributed by atoms with Gasteiger partial charge in [0.05, 0.1) is 34.5 Å². The van der Waals surface area contributed by atoms with Gasteiger partial charge in [0.2, 0.25) is 0 Å². The summed E-state index contributed by atoms with van der Waals surface area (Å²) in [5.74, 6) is 9.78. The summed E-state index contributed by atoms with van der Waals surface area (Å²) in [7, 11) is 0. The molecule has 0 aliphatic rings. The van der Waals surface area contributed by atoms with Gasteiger partial charge in [-0.1, -0.05) is 237 Å². The number of aromatic nitrogens is 6. The normalized spacial score (nSPS) is 10.5. The van der Waals surface area contributed by atoms with Gasteiger partial charge < -0.3 is 45.5 Å². The molecule has 0 N–H and O–H groups in total. The van der Waals surface area contributed by atoms with Crippen LogP contribution in [0.25, 0.3) is 87.7 Å². The lowest BCUT2D eigenvalue weighted by Gasteiger charge is -2.14. The molecule has 6 aromatic heterocycles. The first-order valence-electron chi connectivity index (χ1n) is 45.8. The SMILES string of the molecule is Cc1cc(C)cc([O][Al][O]c2cccc3ccc(C)nc23)c1.Cc1ccc2cccc([O][Al][O]c3c(C)cccc3C)c2n1.Cc1ccc2cccc([O][Al][O]c3ccc(-c4ccccc4)cc3)c2n1.Cc1ccc2cccc([O][Al][O]c3ccc(C)c(C)c3)c2n1.Cc1ccc2cccc([O][Al][O]c3cccc(-c4ccccc4)c3)c2n1.Cc1ccc2cccc([O][Al][O]c3cccc(C)c3C)c2n1. The molecule has 14 aromatic carbocycles. The predicted octanol–water partition coefficient (Wildman–Crippen LogP) is 27.0. The van der Waals surface area contributed by atoms with Crippen LogP contribution < -0.4 is 45.5 Å². The maximum Gasteiger partial charge on any atom is 0.881 e. The molecule has 0 amide bonds. The number of aryl methyl sites for hydroxylation is 13. The number of fused-ring (bicyclic) bond motifs is 6. The van der Waals surface area contributed by atoms with Crippen molar-refractivity contribution in [2.24, 2.45) is 0 Å². The van der Waals surface area contributed by atoms with Gasteiger partial charge in [0.15, 0.2) is 0 Å². The van der Waals surface area contributed by atoms with Gasteiger partial charge in [0.1, 0.15) is 67.6 Å². The summed E-state index contributed by atoms with van der Waals surface area (Å²) in [5, 5.41) is 6.45. The largest absolute Gasteiger partial charge is 0.881 e. The molecule has 0 fully saturated rings. The summed E-state index contributed by atoms with van der Waals surface area (Å²) in [5.41, 5.74) is 25.3. The maximum absolute atomic E-state index is 5.92. The number of rotatable bonds is 26. The predicted molar refractivity (Wildman–Crippen MR) is 568 cm³/mol. The van der Waals surface area contributed by atoms with E-state index in [2.05, 4.69) is 169 Å². The van der Waals surface area contributed by atoms with E-state index in [0.29, 0.717) is 0 Å². The molecule has 0 atom stereocenters. The molecule has 6 heterocycles. The van der Waals surface area contributed by atoms with Gasteiger partial charge in [0.25, 0.3) is 0 Å². The highest BCUT2D eigenvalue weighted by Crippen LogP contribution is 2.34. The Morgan fingerprint density at radius 3 is 0.821 bits per heavy atom. The number of hydrogen-bond donors (Lipinski definition) is 0. The van der Waals surface area contributed by atoms with Crippen LogP contribution in [0.15, 0.2) is 364 Å².